The lowest BCUT2D eigenvalue weighted by Crippen LogP contribution is -2.09. The summed E-state index contributed by atoms with van der Waals surface area (Å²) < 4.78 is 0.868. The first-order valence-electron chi connectivity index (χ1n) is 5.96. The summed E-state index contributed by atoms with van der Waals surface area (Å²) in [4.78, 5) is 8.35. The molecule has 0 aliphatic carbocycles. The minimum atomic E-state index is 0.268. The fourth-order valence-electron chi connectivity index (χ4n) is 1.29. The van der Waals surface area contributed by atoms with Gasteiger partial charge in [0, 0.05) is 25.4 Å². The van der Waals surface area contributed by atoms with Crippen molar-refractivity contribution >= 4 is 39.3 Å². The first-order valence-corrected chi connectivity index (χ1v) is 7.91. The van der Waals surface area contributed by atoms with E-state index in [4.69, 9.17) is 5.11 Å². The summed E-state index contributed by atoms with van der Waals surface area (Å²) in [5.74, 6) is 3.60. The van der Waals surface area contributed by atoms with E-state index < -0.39 is 0 Å². The van der Waals surface area contributed by atoms with Crippen LogP contribution in [0.2, 0.25) is 0 Å². The Morgan fingerprint density at radius 1 is 1.28 bits per heavy atom. The SMILES string of the molecule is CCNc1ncnc(NCCSCCCO)c1Br. The lowest BCUT2D eigenvalue weighted by Gasteiger charge is -2.10. The molecule has 1 aromatic rings. The van der Waals surface area contributed by atoms with Gasteiger partial charge in [0.25, 0.3) is 0 Å². The number of hydrogen-bond donors (Lipinski definition) is 3. The number of thioether (sulfide) groups is 1. The number of halogens is 1. The third-order valence-corrected chi connectivity index (χ3v) is 3.94. The van der Waals surface area contributed by atoms with Gasteiger partial charge in [-0.05, 0) is 35.0 Å². The number of aromatic nitrogens is 2. The van der Waals surface area contributed by atoms with Crippen molar-refractivity contribution < 1.29 is 5.11 Å². The van der Waals surface area contributed by atoms with E-state index in [0.29, 0.717) is 0 Å². The normalized spacial score (nSPS) is 10.4. The highest BCUT2D eigenvalue weighted by atomic mass is 79.9. The van der Waals surface area contributed by atoms with Crippen LogP contribution in [0.4, 0.5) is 11.6 Å². The van der Waals surface area contributed by atoms with E-state index >= 15 is 0 Å². The third kappa shape index (κ3) is 5.41. The highest BCUT2D eigenvalue weighted by molar-refractivity contribution is 9.10. The number of nitrogens with one attached hydrogen (secondary N) is 2. The van der Waals surface area contributed by atoms with E-state index in [2.05, 4.69) is 36.5 Å². The molecule has 0 saturated carbocycles. The van der Waals surface area contributed by atoms with Gasteiger partial charge < -0.3 is 15.7 Å². The molecule has 0 spiro atoms. The molecule has 0 saturated heterocycles. The molecule has 5 nitrogen and oxygen atoms in total. The van der Waals surface area contributed by atoms with Gasteiger partial charge in [-0.1, -0.05) is 0 Å². The van der Waals surface area contributed by atoms with Crippen molar-refractivity contribution in [3.8, 4) is 0 Å². The summed E-state index contributed by atoms with van der Waals surface area (Å²) in [7, 11) is 0. The average molecular weight is 335 g/mol. The summed E-state index contributed by atoms with van der Waals surface area (Å²) in [6.45, 7) is 3.97. The molecule has 0 aromatic carbocycles. The first-order chi connectivity index (χ1) is 8.79. The summed E-state index contributed by atoms with van der Waals surface area (Å²) in [5, 5.41) is 15.1. The summed E-state index contributed by atoms with van der Waals surface area (Å²) in [6.07, 6.45) is 2.40. The monoisotopic (exact) mass is 334 g/mol. The minimum Gasteiger partial charge on any atom is -0.396 e. The van der Waals surface area contributed by atoms with Crippen molar-refractivity contribution in [3.05, 3.63) is 10.8 Å². The summed E-state index contributed by atoms with van der Waals surface area (Å²) in [6, 6.07) is 0. The van der Waals surface area contributed by atoms with Gasteiger partial charge in [-0.2, -0.15) is 11.8 Å². The van der Waals surface area contributed by atoms with Crippen LogP contribution in [0.1, 0.15) is 13.3 Å². The topological polar surface area (TPSA) is 70.1 Å². The number of aliphatic hydroxyl groups excluding tert-OH is 1. The molecule has 3 N–H and O–H groups in total. The predicted octanol–water partition coefficient (Wildman–Crippen LogP) is 2.20. The van der Waals surface area contributed by atoms with Gasteiger partial charge in [0.05, 0.1) is 0 Å². The molecule has 102 valence electrons. The molecule has 1 aromatic heterocycles. The van der Waals surface area contributed by atoms with Gasteiger partial charge in [0.2, 0.25) is 0 Å². The Morgan fingerprint density at radius 3 is 2.67 bits per heavy atom. The molecule has 0 fully saturated rings. The maximum absolute atomic E-state index is 8.66. The van der Waals surface area contributed by atoms with Crippen LogP contribution in [0.5, 0.6) is 0 Å². The largest absolute Gasteiger partial charge is 0.396 e. The number of aliphatic hydroxyl groups is 1. The maximum atomic E-state index is 8.66. The Bertz CT molecular complexity index is 354. The van der Waals surface area contributed by atoms with Crippen molar-refractivity contribution in [3.63, 3.8) is 0 Å². The fraction of sp³-hybridized carbons (Fsp3) is 0.636. The Kier molecular flexibility index (Phi) is 8.11. The van der Waals surface area contributed by atoms with Gasteiger partial charge in [0.1, 0.15) is 22.4 Å². The molecule has 0 amide bonds. The third-order valence-electron chi connectivity index (χ3n) is 2.12. The molecule has 1 heterocycles. The lowest BCUT2D eigenvalue weighted by molar-refractivity contribution is 0.296. The number of hydrogen-bond acceptors (Lipinski definition) is 6. The van der Waals surface area contributed by atoms with Crippen LogP contribution >= 0.6 is 27.7 Å². The van der Waals surface area contributed by atoms with Gasteiger partial charge >= 0.3 is 0 Å². The van der Waals surface area contributed by atoms with Crippen LogP contribution in [-0.4, -0.2) is 46.3 Å². The molecule has 1 rings (SSSR count). The molecule has 0 bridgehead atoms. The molecular formula is C11H19BrN4OS. The zero-order valence-corrected chi connectivity index (χ0v) is 12.9. The van der Waals surface area contributed by atoms with E-state index in [1.54, 1.807) is 6.33 Å². The smallest absolute Gasteiger partial charge is 0.145 e. The zero-order valence-electron chi connectivity index (χ0n) is 10.4. The molecule has 18 heavy (non-hydrogen) atoms. The fourth-order valence-corrected chi connectivity index (χ4v) is 2.56. The highest BCUT2D eigenvalue weighted by Gasteiger charge is 2.06. The van der Waals surface area contributed by atoms with Crippen LogP contribution in [0.25, 0.3) is 0 Å². The van der Waals surface area contributed by atoms with Gasteiger partial charge in [-0.15, -0.1) is 0 Å². The van der Waals surface area contributed by atoms with Crippen LogP contribution < -0.4 is 10.6 Å². The van der Waals surface area contributed by atoms with E-state index in [-0.39, 0.29) is 6.61 Å². The van der Waals surface area contributed by atoms with Crippen molar-refractivity contribution in [2.45, 2.75) is 13.3 Å². The van der Waals surface area contributed by atoms with E-state index in [9.17, 15) is 0 Å². The maximum Gasteiger partial charge on any atom is 0.145 e. The number of rotatable bonds is 9. The number of anilines is 2. The van der Waals surface area contributed by atoms with E-state index in [1.807, 2.05) is 18.7 Å². The second-order valence-corrected chi connectivity index (χ2v) is 5.55. The molecule has 0 atom stereocenters. The minimum absolute atomic E-state index is 0.268. The molecule has 7 heteroatoms. The van der Waals surface area contributed by atoms with E-state index in [1.165, 1.54) is 0 Å². The Morgan fingerprint density at radius 2 is 2.00 bits per heavy atom. The van der Waals surface area contributed by atoms with Crippen LogP contribution in [0.15, 0.2) is 10.8 Å². The standard InChI is InChI=1S/C11H19BrN4OS/c1-2-13-10-9(12)11(16-8-15-10)14-4-7-18-6-3-5-17/h8,17H,2-7H2,1H3,(H2,13,14,15,16). The zero-order chi connectivity index (χ0) is 13.2. The highest BCUT2D eigenvalue weighted by Crippen LogP contribution is 2.26. The molecular weight excluding hydrogens is 316 g/mol. The van der Waals surface area contributed by atoms with Crippen molar-refractivity contribution in [1.82, 2.24) is 9.97 Å². The summed E-state index contributed by atoms with van der Waals surface area (Å²) >= 11 is 5.31. The van der Waals surface area contributed by atoms with Gasteiger partial charge in [0.15, 0.2) is 0 Å². The molecule has 0 aliphatic heterocycles. The van der Waals surface area contributed by atoms with Crippen LogP contribution in [0.3, 0.4) is 0 Å². The first kappa shape index (κ1) is 15.5. The molecule has 0 unspecified atom stereocenters. The average Bonchev–Trinajstić information content (AvgIpc) is 2.38. The van der Waals surface area contributed by atoms with Gasteiger partial charge in [-0.3, -0.25) is 0 Å². The second-order valence-electron chi connectivity index (χ2n) is 3.53. The number of nitrogens with zero attached hydrogens (tertiary/aromatic N) is 2. The van der Waals surface area contributed by atoms with E-state index in [0.717, 1.165) is 47.1 Å². The molecule has 0 radical (unpaired) electrons. The predicted molar refractivity (Wildman–Crippen MR) is 81.4 cm³/mol. The van der Waals surface area contributed by atoms with Crippen molar-refractivity contribution in [2.24, 2.45) is 0 Å². The van der Waals surface area contributed by atoms with Crippen molar-refractivity contribution in [1.29, 1.82) is 0 Å². The summed E-state index contributed by atoms with van der Waals surface area (Å²) in [5.41, 5.74) is 0. The molecule has 0 aliphatic rings. The van der Waals surface area contributed by atoms with Gasteiger partial charge in [-0.25, -0.2) is 9.97 Å². The lowest BCUT2D eigenvalue weighted by atomic mass is 10.5. The van der Waals surface area contributed by atoms with Crippen LogP contribution in [-0.2, 0) is 0 Å². The second kappa shape index (κ2) is 9.41. The Balaban J connectivity index is 2.35. The quantitative estimate of drug-likeness (QED) is 0.601. The Hall–Kier alpha value is -0.530. The van der Waals surface area contributed by atoms with Crippen LogP contribution in [0, 0.1) is 0 Å². The van der Waals surface area contributed by atoms with Crippen molar-refractivity contribution in [2.75, 3.05) is 41.8 Å². The Labute approximate surface area is 120 Å².